The minimum Gasteiger partial charge on any atom is -0.461 e. The first-order valence-corrected chi connectivity index (χ1v) is 3.82. The third-order valence-corrected chi connectivity index (χ3v) is 1.42. The van der Waals surface area contributed by atoms with Crippen LogP contribution in [-0.4, -0.2) is 30.9 Å². The highest BCUT2D eigenvalue weighted by molar-refractivity contribution is 5.56. The Morgan fingerprint density at radius 1 is 1.50 bits per heavy atom. The molecule has 4 nitrogen and oxygen atoms in total. The smallest absolute Gasteiger partial charge is 0.293 e. The topological polar surface area (TPSA) is 55.4 Å². The molecule has 0 aromatic heterocycles. The van der Waals surface area contributed by atoms with Crippen LogP contribution in [-0.2, 0) is 14.3 Å². The van der Waals surface area contributed by atoms with Gasteiger partial charge in [0.05, 0.1) is 6.04 Å². The number of carbonyl (C=O) groups is 2. The van der Waals surface area contributed by atoms with Gasteiger partial charge in [-0.1, -0.05) is 0 Å². The fraction of sp³-hybridized carbons (Fsp3) is 0.750. The molecule has 0 spiro atoms. The first-order valence-electron chi connectivity index (χ1n) is 3.82. The number of nitrogens with one attached hydrogen (secondary N) is 1. The summed E-state index contributed by atoms with van der Waals surface area (Å²) in [4.78, 5) is 20.2. The van der Waals surface area contributed by atoms with E-state index in [1.165, 1.54) is 0 Å². The van der Waals surface area contributed by atoms with Crippen molar-refractivity contribution < 1.29 is 14.3 Å². The molecular weight excluding hydrogens is 158 g/mol. The standard InChI is InChI=1S/C8H15NO3/c1-7(4-10)9-5-8(2,3)12-6-11/h4,6-7,9H,5H2,1-3H3/t7-/m0/s1. The molecule has 0 radical (unpaired) electrons. The zero-order valence-electron chi connectivity index (χ0n) is 7.66. The number of hydrogen-bond donors (Lipinski definition) is 1. The van der Waals surface area contributed by atoms with Crippen LogP contribution in [0.4, 0.5) is 0 Å². The van der Waals surface area contributed by atoms with Crippen LogP contribution in [0.5, 0.6) is 0 Å². The van der Waals surface area contributed by atoms with Crippen LogP contribution in [0.25, 0.3) is 0 Å². The van der Waals surface area contributed by atoms with Gasteiger partial charge in [0.25, 0.3) is 6.47 Å². The molecule has 0 amide bonds. The minimum atomic E-state index is -0.557. The van der Waals surface area contributed by atoms with Crippen molar-refractivity contribution in [3.05, 3.63) is 0 Å². The van der Waals surface area contributed by atoms with E-state index < -0.39 is 5.60 Å². The Bertz CT molecular complexity index is 156. The maximum absolute atomic E-state index is 10.2. The third kappa shape index (κ3) is 4.85. The molecular formula is C8H15NO3. The summed E-state index contributed by atoms with van der Waals surface area (Å²) in [6, 6.07) is -0.209. The highest BCUT2D eigenvalue weighted by Gasteiger charge is 2.18. The van der Waals surface area contributed by atoms with Crippen molar-refractivity contribution in [2.45, 2.75) is 32.4 Å². The molecule has 0 aliphatic carbocycles. The Morgan fingerprint density at radius 2 is 2.08 bits per heavy atom. The van der Waals surface area contributed by atoms with Gasteiger partial charge in [-0.3, -0.25) is 4.79 Å². The van der Waals surface area contributed by atoms with Crippen molar-refractivity contribution in [1.82, 2.24) is 5.32 Å². The van der Waals surface area contributed by atoms with Crippen LogP contribution in [0.15, 0.2) is 0 Å². The zero-order valence-corrected chi connectivity index (χ0v) is 7.66. The summed E-state index contributed by atoms with van der Waals surface area (Å²) in [7, 11) is 0. The van der Waals surface area contributed by atoms with E-state index in [1.807, 2.05) is 0 Å². The van der Waals surface area contributed by atoms with E-state index in [0.717, 1.165) is 6.29 Å². The third-order valence-electron chi connectivity index (χ3n) is 1.42. The summed E-state index contributed by atoms with van der Waals surface area (Å²) in [5.41, 5.74) is -0.557. The van der Waals surface area contributed by atoms with Crippen molar-refractivity contribution >= 4 is 12.8 Å². The van der Waals surface area contributed by atoms with Gasteiger partial charge >= 0.3 is 0 Å². The highest BCUT2D eigenvalue weighted by Crippen LogP contribution is 2.05. The summed E-state index contributed by atoms with van der Waals surface area (Å²) < 4.78 is 4.77. The van der Waals surface area contributed by atoms with Crippen molar-refractivity contribution in [3.63, 3.8) is 0 Å². The van der Waals surface area contributed by atoms with E-state index in [-0.39, 0.29) is 6.04 Å². The van der Waals surface area contributed by atoms with E-state index in [1.54, 1.807) is 20.8 Å². The molecule has 0 rings (SSSR count). The number of carbonyl (C=O) groups excluding carboxylic acids is 2. The number of hydrogen-bond acceptors (Lipinski definition) is 4. The molecule has 12 heavy (non-hydrogen) atoms. The maximum atomic E-state index is 10.2. The summed E-state index contributed by atoms with van der Waals surface area (Å²) in [5, 5.41) is 2.91. The van der Waals surface area contributed by atoms with E-state index >= 15 is 0 Å². The molecule has 70 valence electrons. The molecule has 0 fully saturated rings. The summed E-state index contributed by atoms with van der Waals surface area (Å²) in [6.45, 7) is 6.15. The molecule has 1 atom stereocenters. The lowest BCUT2D eigenvalue weighted by molar-refractivity contribution is -0.140. The largest absolute Gasteiger partial charge is 0.461 e. The van der Waals surface area contributed by atoms with Crippen molar-refractivity contribution in [2.75, 3.05) is 6.54 Å². The van der Waals surface area contributed by atoms with Gasteiger partial charge in [-0.25, -0.2) is 0 Å². The van der Waals surface area contributed by atoms with Crippen molar-refractivity contribution in [3.8, 4) is 0 Å². The Hall–Kier alpha value is -0.900. The number of rotatable bonds is 6. The van der Waals surface area contributed by atoms with E-state index in [9.17, 15) is 9.59 Å². The molecule has 0 aliphatic heterocycles. The van der Waals surface area contributed by atoms with Crippen molar-refractivity contribution in [1.29, 1.82) is 0 Å². The molecule has 1 N–H and O–H groups in total. The van der Waals surface area contributed by atoms with Crippen molar-refractivity contribution in [2.24, 2.45) is 0 Å². The van der Waals surface area contributed by atoms with Crippen LogP contribution in [0, 0.1) is 0 Å². The monoisotopic (exact) mass is 173 g/mol. The fourth-order valence-electron chi connectivity index (χ4n) is 0.627. The van der Waals surface area contributed by atoms with Gasteiger partial charge < -0.3 is 14.8 Å². The molecule has 0 aliphatic rings. The molecule has 0 bridgehead atoms. The lowest BCUT2D eigenvalue weighted by atomic mass is 10.1. The first kappa shape index (κ1) is 11.1. The summed E-state index contributed by atoms with van der Waals surface area (Å²) >= 11 is 0. The summed E-state index contributed by atoms with van der Waals surface area (Å²) in [5.74, 6) is 0. The normalized spacial score (nSPS) is 13.6. The van der Waals surface area contributed by atoms with E-state index in [0.29, 0.717) is 13.0 Å². The van der Waals surface area contributed by atoms with Gasteiger partial charge in [0.15, 0.2) is 0 Å². The molecule has 0 saturated heterocycles. The zero-order chi connectivity index (χ0) is 9.61. The molecule has 0 unspecified atom stereocenters. The van der Waals surface area contributed by atoms with Crippen LogP contribution < -0.4 is 5.32 Å². The first-order chi connectivity index (χ1) is 5.52. The maximum Gasteiger partial charge on any atom is 0.293 e. The van der Waals surface area contributed by atoms with Crippen LogP contribution in [0.3, 0.4) is 0 Å². The van der Waals surface area contributed by atoms with Gasteiger partial charge in [0.1, 0.15) is 11.9 Å². The molecule has 0 saturated carbocycles. The van der Waals surface area contributed by atoms with E-state index in [4.69, 9.17) is 4.74 Å². The lowest BCUT2D eigenvalue weighted by Gasteiger charge is -2.23. The molecule has 0 heterocycles. The Labute approximate surface area is 72.3 Å². The van der Waals surface area contributed by atoms with Gasteiger partial charge in [-0.2, -0.15) is 0 Å². The fourth-order valence-corrected chi connectivity index (χ4v) is 0.627. The Morgan fingerprint density at radius 3 is 2.50 bits per heavy atom. The number of aldehydes is 1. The second kappa shape index (κ2) is 4.87. The Kier molecular flexibility index (Phi) is 4.51. The SMILES string of the molecule is C[C@@H](C=O)NCC(C)(C)OC=O. The molecule has 4 heteroatoms. The lowest BCUT2D eigenvalue weighted by Crippen LogP contribution is -2.41. The summed E-state index contributed by atoms with van der Waals surface area (Å²) in [6.07, 6.45) is 0.803. The predicted octanol–water partition coefficient (Wildman–Crippen LogP) is 0.115. The second-order valence-corrected chi connectivity index (χ2v) is 3.28. The second-order valence-electron chi connectivity index (χ2n) is 3.28. The average Bonchev–Trinajstić information content (AvgIpc) is 2.00. The van der Waals surface area contributed by atoms with Crippen LogP contribution >= 0.6 is 0 Å². The average molecular weight is 173 g/mol. The Balaban J connectivity index is 3.73. The van der Waals surface area contributed by atoms with Gasteiger partial charge in [-0.05, 0) is 20.8 Å². The van der Waals surface area contributed by atoms with Gasteiger partial charge in [0, 0.05) is 6.54 Å². The highest BCUT2D eigenvalue weighted by atomic mass is 16.5. The van der Waals surface area contributed by atoms with Gasteiger partial charge in [0.2, 0.25) is 0 Å². The van der Waals surface area contributed by atoms with E-state index in [2.05, 4.69) is 5.32 Å². The van der Waals surface area contributed by atoms with Gasteiger partial charge in [-0.15, -0.1) is 0 Å². The number of ether oxygens (including phenoxy) is 1. The minimum absolute atomic E-state index is 0.209. The predicted molar refractivity (Wildman–Crippen MR) is 44.8 cm³/mol. The molecule has 0 aromatic carbocycles. The van der Waals surface area contributed by atoms with Crippen LogP contribution in [0.2, 0.25) is 0 Å². The van der Waals surface area contributed by atoms with Crippen LogP contribution in [0.1, 0.15) is 20.8 Å². The molecule has 0 aromatic rings. The quantitative estimate of drug-likeness (QED) is 0.579.